The number of amides is 3. The Kier molecular flexibility index (Phi) is 5.58. The number of rotatable bonds is 6. The maximum absolute atomic E-state index is 12.3. The number of hydrogen-bond acceptors (Lipinski definition) is 3. The summed E-state index contributed by atoms with van der Waals surface area (Å²) in [5.41, 5.74) is 1.14. The summed E-state index contributed by atoms with van der Waals surface area (Å²) in [5, 5.41) is 2.77. The topological polar surface area (TPSA) is 52.7 Å². The Bertz CT molecular complexity index is 545. The first-order valence-corrected chi connectivity index (χ1v) is 8.21. The molecule has 0 bridgehead atoms. The van der Waals surface area contributed by atoms with E-state index in [0.29, 0.717) is 25.6 Å². The van der Waals surface area contributed by atoms with Gasteiger partial charge in [-0.25, -0.2) is 9.69 Å². The van der Waals surface area contributed by atoms with E-state index in [2.05, 4.69) is 21.2 Å². The molecular weight excluding hydrogens is 346 g/mol. The second-order valence-electron chi connectivity index (χ2n) is 6.18. The highest BCUT2D eigenvalue weighted by Crippen LogP contribution is 2.16. The first-order valence-electron chi connectivity index (χ1n) is 7.41. The van der Waals surface area contributed by atoms with Crippen LogP contribution in [0.25, 0.3) is 0 Å². The number of carbonyl (C=O) groups excluding carboxylic acids is 2. The van der Waals surface area contributed by atoms with E-state index in [1.807, 2.05) is 50.1 Å². The van der Waals surface area contributed by atoms with Crippen molar-refractivity contribution in [3.63, 3.8) is 0 Å². The third-order valence-corrected chi connectivity index (χ3v) is 4.09. The van der Waals surface area contributed by atoms with Gasteiger partial charge in [0.2, 0.25) is 0 Å². The van der Waals surface area contributed by atoms with Crippen LogP contribution < -0.4 is 5.32 Å². The van der Waals surface area contributed by atoms with Crippen molar-refractivity contribution in [3.8, 4) is 0 Å². The number of urea groups is 1. The van der Waals surface area contributed by atoms with Crippen LogP contribution in [0.1, 0.15) is 25.8 Å². The molecule has 3 amide bonds. The summed E-state index contributed by atoms with van der Waals surface area (Å²) in [5.74, 6) is 0.246. The van der Waals surface area contributed by atoms with Crippen LogP contribution >= 0.6 is 15.9 Å². The Balaban J connectivity index is 1.93. The van der Waals surface area contributed by atoms with Crippen molar-refractivity contribution in [2.45, 2.75) is 32.9 Å². The smallest absolute Gasteiger partial charge is 0.325 e. The van der Waals surface area contributed by atoms with E-state index < -0.39 is 0 Å². The monoisotopic (exact) mass is 367 g/mol. The predicted octanol–water partition coefficient (Wildman–Crippen LogP) is 2.80. The summed E-state index contributed by atoms with van der Waals surface area (Å²) in [4.78, 5) is 27.5. The number of imide groups is 1. The molecule has 0 unspecified atom stereocenters. The van der Waals surface area contributed by atoms with Crippen molar-refractivity contribution < 1.29 is 9.59 Å². The first kappa shape index (κ1) is 17.0. The zero-order valence-corrected chi connectivity index (χ0v) is 14.8. The van der Waals surface area contributed by atoms with Gasteiger partial charge in [0.25, 0.3) is 5.91 Å². The van der Waals surface area contributed by atoms with Crippen molar-refractivity contribution in [1.82, 2.24) is 15.1 Å². The van der Waals surface area contributed by atoms with E-state index in [9.17, 15) is 9.59 Å². The van der Waals surface area contributed by atoms with Gasteiger partial charge in [-0.05, 0) is 37.1 Å². The summed E-state index contributed by atoms with van der Waals surface area (Å²) < 4.78 is 1.03. The highest BCUT2D eigenvalue weighted by Gasteiger charge is 2.38. The van der Waals surface area contributed by atoms with Gasteiger partial charge in [-0.3, -0.25) is 9.69 Å². The lowest BCUT2D eigenvalue weighted by Gasteiger charge is -2.22. The molecule has 1 atom stereocenters. The molecule has 0 aromatic heterocycles. The SMILES string of the molecule is CC(C)C[C@@H]1NC(=O)N(CN(C)Cc2ccc(Br)cc2)C1=O. The zero-order chi connectivity index (χ0) is 16.3. The standard InChI is InChI=1S/C16H22BrN3O2/c1-11(2)8-14-15(21)20(16(22)18-14)10-19(3)9-12-4-6-13(17)7-5-12/h4-7,11,14H,8-10H2,1-3H3,(H,18,22)/t14-/m0/s1. The molecule has 1 N–H and O–H groups in total. The van der Waals surface area contributed by atoms with Gasteiger partial charge in [0, 0.05) is 11.0 Å². The maximum atomic E-state index is 12.3. The van der Waals surface area contributed by atoms with Gasteiger partial charge in [-0.15, -0.1) is 0 Å². The summed E-state index contributed by atoms with van der Waals surface area (Å²) in [6.45, 7) is 5.07. The van der Waals surface area contributed by atoms with E-state index in [-0.39, 0.29) is 18.0 Å². The normalized spacial score (nSPS) is 18.5. The van der Waals surface area contributed by atoms with Crippen LogP contribution in [0, 0.1) is 5.92 Å². The average molecular weight is 368 g/mol. The summed E-state index contributed by atoms with van der Waals surface area (Å²) in [6, 6.07) is 7.33. The fourth-order valence-electron chi connectivity index (χ4n) is 2.53. The molecule has 1 fully saturated rings. The van der Waals surface area contributed by atoms with Gasteiger partial charge < -0.3 is 5.32 Å². The molecule has 22 heavy (non-hydrogen) atoms. The molecule has 1 aliphatic heterocycles. The third kappa shape index (κ3) is 4.30. The van der Waals surface area contributed by atoms with E-state index in [1.165, 1.54) is 4.90 Å². The van der Waals surface area contributed by atoms with Gasteiger partial charge in [0.05, 0.1) is 6.67 Å². The van der Waals surface area contributed by atoms with Crippen molar-refractivity contribution >= 4 is 27.9 Å². The zero-order valence-electron chi connectivity index (χ0n) is 13.2. The van der Waals surface area contributed by atoms with Gasteiger partial charge >= 0.3 is 6.03 Å². The molecule has 1 aromatic carbocycles. The Labute approximate surface area is 139 Å². The largest absolute Gasteiger partial charge is 0.326 e. The quantitative estimate of drug-likeness (QED) is 0.786. The molecule has 1 aliphatic rings. The van der Waals surface area contributed by atoms with Gasteiger partial charge in [-0.1, -0.05) is 41.9 Å². The highest BCUT2D eigenvalue weighted by atomic mass is 79.9. The predicted molar refractivity (Wildman–Crippen MR) is 89.1 cm³/mol. The Morgan fingerprint density at radius 1 is 1.27 bits per heavy atom. The van der Waals surface area contributed by atoms with E-state index >= 15 is 0 Å². The summed E-state index contributed by atoms with van der Waals surface area (Å²) in [6.07, 6.45) is 0.678. The second-order valence-corrected chi connectivity index (χ2v) is 7.10. The highest BCUT2D eigenvalue weighted by molar-refractivity contribution is 9.10. The fourth-order valence-corrected chi connectivity index (χ4v) is 2.80. The van der Waals surface area contributed by atoms with Gasteiger partial charge in [0.1, 0.15) is 6.04 Å². The van der Waals surface area contributed by atoms with Crippen LogP contribution in [0.4, 0.5) is 4.79 Å². The maximum Gasteiger partial charge on any atom is 0.325 e. The molecule has 5 nitrogen and oxygen atoms in total. The number of benzene rings is 1. The van der Waals surface area contributed by atoms with Gasteiger partial charge in [0.15, 0.2) is 0 Å². The molecule has 2 rings (SSSR count). The van der Waals surface area contributed by atoms with E-state index in [0.717, 1.165) is 10.0 Å². The van der Waals surface area contributed by atoms with Crippen LogP contribution in [0.3, 0.4) is 0 Å². The molecular formula is C16H22BrN3O2. The van der Waals surface area contributed by atoms with Crippen molar-refractivity contribution in [3.05, 3.63) is 34.3 Å². The van der Waals surface area contributed by atoms with Crippen LogP contribution in [0.5, 0.6) is 0 Å². The molecule has 6 heteroatoms. The minimum absolute atomic E-state index is 0.124. The molecule has 1 saturated heterocycles. The van der Waals surface area contributed by atoms with Crippen LogP contribution in [0.2, 0.25) is 0 Å². The molecule has 1 heterocycles. The number of nitrogens with zero attached hydrogens (tertiary/aromatic N) is 2. The first-order chi connectivity index (χ1) is 10.4. The van der Waals surface area contributed by atoms with Crippen LogP contribution in [0.15, 0.2) is 28.7 Å². The minimum atomic E-state index is -0.381. The van der Waals surface area contributed by atoms with E-state index in [1.54, 1.807) is 0 Å². The average Bonchev–Trinajstić information content (AvgIpc) is 2.68. The van der Waals surface area contributed by atoms with Gasteiger partial charge in [-0.2, -0.15) is 0 Å². The summed E-state index contributed by atoms with van der Waals surface area (Å²) in [7, 11) is 1.90. The Morgan fingerprint density at radius 2 is 1.91 bits per heavy atom. The lowest BCUT2D eigenvalue weighted by atomic mass is 10.0. The molecule has 0 aliphatic carbocycles. The number of carbonyl (C=O) groups is 2. The van der Waals surface area contributed by atoms with Crippen molar-refractivity contribution in [2.24, 2.45) is 5.92 Å². The van der Waals surface area contributed by atoms with Crippen molar-refractivity contribution in [2.75, 3.05) is 13.7 Å². The minimum Gasteiger partial charge on any atom is -0.326 e. The number of hydrogen-bond donors (Lipinski definition) is 1. The molecule has 1 aromatic rings. The molecule has 0 radical (unpaired) electrons. The van der Waals surface area contributed by atoms with Crippen LogP contribution in [-0.2, 0) is 11.3 Å². The van der Waals surface area contributed by atoms with Crippen LogP contribution in [-0.4, -0.2) is 41.5 Å². The summed E-state index contributed by atoms with van der Waals surface area (Å²) >= 11 is 3.41. The fraction of sp³-hybridized carbons (Fsp3) is 0.500. The second kappa shape index (κ2) is 7.24. The molecule has 0 spiro atoms. The molecule has 0 saturated carbocycles. The molecule has 120 valence electrons. The third-order valence-electron chi connectivity index (χ3n) is 3.56. The van der Waals surface area contributed by atoms with E-state index in [4.69, 9.17) is 0 Å². The lowest BCUT2D eigenvalue weighted by molar-refractivity contribution is -0.129. The Hall–Kier alpha value is -1.40. The number of halogens is 1. The lowest BCUT2D eigenvalue weighted by Crippen LogP contribution is -2.40. The number of nitrogens with one attached hydrogen (secondary N) is 1. The van der Waals surface area contributed by atoms with Crippen molar-refractivity contribution in [1.29, 1.82) is 0 Å². The Morgan fingerprint density at radius 3 is 2.50 bits per heavy atom.